The van der Waals surface area contributed by atoms with Crippen LogP contribution in [0, 0.1) is 10.1 Å². The number of aromatic nitrogens is 2. The van der Waals surface area contributed by atoms with Gasteiger partial charge in [-0.15, -0.1) is 0 Å². The number of rotatable bonds is 10. The lowest BCUT2D eigenvalue weighted by molar-refractivity contribution is -0.383. The van der Waals surface area contributed by atoms with E-state index in [9.17, 15) is 10.1 Å². The second-order valence-electron chi connectivity index (χ2n) is 5.75. The SMILES string of the molecule is COCCN(CCOC)c1ncnc(NC2CCCC2)c1[N+](=O)[O-]. The van der Waals surface area contributed by atoms with Gasteiger partial charge in [0.15, 0.2) is 0 Å². The third kappa shape index (κ3) is 4.75. The van der Waals surface area contributed by atoms with E-state index in [1.54, 1.807) is 19.1 Å². The number of hydrogen-bond donors (Lipinski definition) is 1. The van der Waals surface area contributed by atoms with Crippen LogP contribution >= 0.6 is 0 Å². The normalized spacial score (nSPS) is 14.8. The largest absolute Gasteiger partial charge is 0.383 e. The van der Waals surface area contributed by atoms with E-state index < -0.39 is 4.92 Å². The Hall–Kier alpha value is -2.00. The van der Waals surface area contributed by atoms with E-state index in [0.29, 0.717) is 32.1 Å². The molecule has 1 aliphatic carbocycles. The van der Waals surface area contributed by atoms with Crippen LogP contribution in [0.5, 0.6) is 0 Å². The summed E-state index contributed by atoms with van der Waals surface area (Å²) < 4.78 is 10.2. The highest BCUT2D eigenvalue weighted by Gasteiger charge is 2.28. The predicted molar refractivity (Wildman–Crippen MR) is 90.5 cm³/mol. The van der Waals surface area contributed by atoms with Crippen molar-refractivity contribution in [2.75, 3.05) is 50.7 Å². The minimum Gasteiger partial charge on any atom is -0.383 e. The summed E-state index contributed by atoms with van der Waals surface area (Å²) in [5.41, 5.74) is -0.0865. The first kappa shape index (κ1) is 18.3. The molecule has 134 valence electrons. The van der Waals surface area contributed by atoms with Gasteiger partial charge in [0.25, 0.3) is 0 Å². The van der Waals surface area contributed by atoms with Gasteiger partial charge in [-0.2, -0.15) is 0 Å². The standard InChI is InChI=1S/C15H25N5O4/c1-23-9-7-19(8-10-24-2)15-13(20(21)22)14(16-11-17-15)18-12-5-3-4-6-12/h11-12H,3-10H2,1-2H3,(H,16,17,18). The van der Waals surface area contributed by atoms with E-state index in [-0.39, 0.29) is 17.5 Å². The topological polar surface area (TPSA) is 103 Å². The zero-order chi connectivity index (χ0) is 17.4. The summed E-state index contributed by atoms with van der Waals surface area (Å²) >= 11 is 0. The van der Waals surface area contributed by atoms with Gasteiger partial charge in [0.2, 0.25) is 11.6 Å². The lowest BCUT2D eigenvalue weighted by Crippen LogP contribution is -2.32. The minimum atomic E-state index is -0.417. The van der Waals surface area contributed by atoms with Gasteiger partial charge in [-0.3, -0.25) is 10.1 Å². The van der Waals surface area contributed by atoms with Crippen LogP contribution in [0.3, 0.4) is 0 Å². The summed E-state index contributed by atoms with van der Waals surface area (Å²) in [4.78, 5) is 21.3. The summed E-state index contributed by atoms with van der Waals surface area (Å²) in [6.45, 7) is 1.85. The van der Waals surface area contributed by atoms with Gasteiger partial charge in [0.1, 0.15) is 6.33 Å². The highest BCUT2D eigenvalue weighted by Crippen LogP contribution is 2.33. The Morgan fingerprint density at radius 1 is 1.25 bits per heavy atom. The summed E-state index contributed by atoms with van der Waals surface area (Å²) in [6.07, 6.45) is 5.65. The van der Waals surface area contributed by atoms with Crippen molar-refractivity contribution in [3.05, 3.63) is 16.4 Å². The minimum absolute atomic E-state index is 0.0865. The second-order valence-corrected chi connectivity index (χ2v) is 5.75. The number of methoxy groups -OCH3 is 2. The molecule has 1 fully saturated rings. The van der Waals surface area contributed by atoms with Crippen LogP contribution in [-0.2, 0) is 9.47 Å². The van der Waals surface area contributed by atoms with E-state index in [4.69, 9.17) is 9.47 Å². The zero-order valence-electron chi connectivity index (χ0n) is 14.2. The van der Waals surface area contributed by atoms with Gasteiger partial charge in [0, 0.05) is 33.4 Å². The molecule has 0 bridgehead atoms. The Kier molecular flexibility index (Phi) is 7.13. The molecular formula is C15H25N5O4. The Labute approximate surface area is 141 Å². The molecule has 0 radical (unpaired) electrons. The number of hydrogen-bond acceptors (Lipinski definition) is 8. The Morgan fingerprint density at radius 2 is 1.88 bits per heavy atom. The number of nitro groups is 1. The first-order chi connectivity index (χ1) is 11.7. The molecule has 0 saturated heterocycles. The zero-order valence-corrected chi connectivity index (χ0v) is 14.2. The summed E-state index contributed by atoms with van der Waals surface area (Å²) in [6, 6.07) is 0.234. The predicted octanol–water partition coefficient (Wildman–Crippen LogP) is 1.84. The molecule has 1 aliphatic rings. The second kappa shape index (κ2) is 9.33. The number of ether oxygens (including phenoxy) is 2. The van der Waals surface area contributed by atoms with Crippen molar-refractivity contribution in [3.63, 3.8) is 0 Å². The van der Waals surface area contributed by atoms with Gasteiger partial charge in [-0.25, -0.2) is 9.97 Å². The first-order valence-corrected chi connectivity index (χ1v) is 8.16. The Morgan fingerprint density at radius 3 is 2.42 bits per heavy atom. The molecule has 9 heteroatoms. The van der Waals surface area contributed by atoms with Crippen molar-refractivity contribution in [1.29, 1.82) is 0 Å². The van der Waals surface area contributed by atoms with E-state index in [2.05, 4.69) is 15.3 Å². The lowest BCUT2D eigenvalue weighted by atomic mass is 10.2. The molecule has 1 saturated carbocycles. The van der Waals surface area contributed by atoms with Crippen LogP contribution in [0.4, 0.5) is 17.3 Å². The Balaban J connectivity index is 2.29. The van der Waals surface area contributed by atoms with E-state index >= 15 is 0 Å². The molecule has 0 aromatic carbocycles. The molecule has 24 heavy (non-hydrogen) atoms. The average Bonchev–Trinajstić information content (AvgIpc) is 3.07. The van der Waals surface area contributed by atoms with Gasteiger partial charge in [0.05, 0.1) is 18.1 Å². The summed E-state index contributed by atoms with van der Waals surface area (Å²) in [7, 11) is 3.19. The van der Waals surface area contributed by atoms with E-state index in [1.807, 2.05) is 0 Å². The molecule has 1 aromatic heterocycles. The van der Waals surface area contributed by atoms with Crippen LogP contribution in [0.25, 0.3) is 0 Å². The van der Waals surface area contributed by atoms with E-state index in [0.717, 1.165) is 25.7 Å². The number of nitrogens with one attached hydrogen (secondary N) is 1. The molecule has 0 atom stereocenters. The van der Waals surface area contributed by atoms with Crippen molar-refractivity contribution in [2.45, 2.75) is 31.7 Å². The molecule has 0 aliphatic heterocycles. The Bertz CT molecular complexity index is 529. The monoisotopic (exact) mass is 339 g/mol. The fraction of sp³-hybridized carbons (Fsp3) is 0.733. The molecule has 1 heterocycles. The molecule has 9 nitrogen and oxygen atoms in total. The lowest BCUT2D eigenvalue weighted by Gasteiger charge is -2.23. The van der Waals surface area contributed by atoms with Crippen molar-refractivity contribution in [3.8, 4) is 0 Å². The van der Waals surface area contributed by atoms with Crippen LogP contribution < -0.4 is 10.2 Å². The molecule has 0 amide bonds. The van der Waals surface area contributed by atoms with Crippen molar-refractivity contribution in [2.24, 2.45) is 0 Å². The van der Waals surface area contributed by atoms with Gasteiger partial charge < -0.3 is 19.7 Å². The van der Waals surface area contributed by atoms with Gasteiger partial charge in [-0.05, 0) is 12.8 Å². The van der Waals surface area contributed by atoms with Gasteiger partial charge in [-0.1, -0.05) is 12.8 Å². The smallest absolute Gasteiger partial charge is 0.353 e. The van der Waals surface area contributed by atoms with Crippen molar-refractivity contribution >= 4 is 17.3 Å². The fourth-order valence-electron chi connectivity index (χ4n) is 2.86. The third-order valence-corrected chi connectivity index (χ3v) is 4.11. The maximum atomic E-state index is 11.7. The maximum Gasteiger partial charge on any atom is 0.353 e. The van der Waals surface area contributed by atoms with Gasteiger partial charge >= 0.3 is 5.69 Å². The molecular weight excluding hydrogens is 314 g/mol. The summed E-state index contributed by atoms with van der Waals surface area (Å²) in [5.74, 6) is 0.585. The third-order valence-electron chi connectivity index (χ3n) is 4.11. The molecule has 1 N–H and O–H groups in total. The quantitative estimate of drug-likeness (QED) is 0.509. The first-order valence-electron chi connectivity index (χ1n) is 8.16. The van der Waals surface area contributed by atoms with Crippen LogP contribution in [0.15, 0.2) is 6.33 Å². The molecule has 2 rings (SSSR count). The number of nitrogens with zero attached hydrogens (tertiary/aromatic N) is 4. The van der Waals surface area contributed by atoms with Crippen LogP contribution in [0.1, 0.15) is 25.7 Å². The molecule has 1 aromatic rings. The number of anilines is 2. The summed E-state index contributed by atoms with van der Waals surface area (Å²) in [5, 5.41) is 14.9. The molecule has 0 spiro atoms. The maximum absolute atomic E-state index is 11.7. The van der Waals surface area contributed by atoms with Crippen LogP contribution in [-0.4, -0.2) is 61.5 Å². The molecule has 0 unspecified atom stereocenters. The highest BCUT2D eigenvalue weighted by atomic mass is 16.6. The average molecular weight is 339 g/mol. The van der Waals surface area contributed by atoms with Crippen molar-refractivity contribution in [1.82, 2.24) is 9.97 Å². The van der Waals surface area contributed by atoms with Crippen molar-refractivity contribution < 1.29 is 14.4 Å². The van der Waals surface area contributed by atoms with Crippen LogP contribution in [0.2, 0.25) is 0 Å². The van der Waals surface area contributed by atoms with E-state index in [1.165, 1.54) is 6.33 Å². The fourth-order valence-corrected chi connectivity index (χ4v) is 2.86. The highest BCUT2D eigenvalue weighted by molar-refractivity contribution is 5.70.